The number of carbonyl (C=O) groups excluding carboxylic acids is 2. The van der Waals surface area contributed by atoms with E-state index in [1.54, 1.807) is 0 Å². The number of halogens is 1. The zero-order valence-corrected chi connectivity index (χ0v) is 16.9. The van der Waals surface area contributed by atoms with Crippen molar-refractivity contribution in [2.75, 3.05) is 26.7 Å². The molecule has 1 aliphatic rings. The van der Waals surface area contributed by atoms with Crippen molar-refractivity contribution in [1.29, 1.82) is 0 Å². The molecule has 0 saturated carbocycles. The van der Waals surface area contributed by atoms with E-state index in [9.17, 15) is 18.0 Å². The first-order valence-corrected chi connectivity index (χ1v) is 10.0. The summed E-state index contributed by atoms with van der Waals surface area (Å²) in [6.07, 6.45) is 2.58. The zero-order chi connectivity index (χ0) is 19.2. The van der Waals surface area contributed by atoms with Crippen molar-refractivity contribution in [2.24, 2.45) is 5.73 Å². The monoisotopic (exact) mass is 419 g/mol. The molecule has 1 unspecified atom stereocenters. The Bertz CT molecular complexity index is 739. The molecule has 0 aliphatic carbocycles. The fraction of sp³-hybridized carbons (Fsp3) is 0.529. The van der Waals surface area contributed by atoms with Crippen LogP contribution in [0.2, 0.25) is 0 Å². The molecule has 0 aromatic heterocycles. The fourth-order valence-electron chi connectivity index (χ4n) is 2.96. The van der Waals surface area contributed by atoms with Crippen LogP contribution in [0.25, 0.3) is 0 Å². The Kier molecular flexibility index (Phi) is 9.17. The number of piperidine rings is 1. The Morgan fingerprint density at radius 1 is 1.26 bits per heavy atom. The number of nitrogens with zero attached hydrogens (tertiary/aromatic N) is 1. The second kappa shape index (κ2) is 10.6. The zero-order valence-electron chi connectivity index (χ0n) is 15.2. The van der Waals surface area contributed by atoms with Gasteiger partial charge in [0.2, 0.25) is 15.9 Å². The van der Waals surface area contributed by atoms with Crippen molar-refractivity contribution in [3.8, 4) is 0 Å². The van der Waals surface area contributed by atoms with E-state index in [0.717, 1.165) is 12.8 Å². The van der Waals surface area contributed by atoms with Gasteiger partial charge in [0.25, 0.3) is 0 Å². The first-order chi connectivity index (χ1) is 12.4. The number of amides is 1. The summed E-state index contributed by atoms with van der Waals surface area (Å²) in [5, 5.41) is 2.75. The predicted octanol–water partition coefficient (Wildman–Crippen LogP) is 0.903. The third-order valence-corrected chi connectivity index (χ3v) is 6.33. The van der Waals surface area contributed by atoms with Gasteiger partial charge < -0.3 is 15.8 Å². The molecule has 1 heterocycles. The van der Waals surface area contributed by atoms with Crippen LogP contribution in [0.5, 0.6) is 0 Å². The lowest BCUT2D eigenvalue weighted by atomic mass is 10.1. The van der Waals surface area contributed by atoms with Crippen LogP contribution >= 0.6 is 12.4 Å². The Morgan fingerprint density at radius 2 is 1.93 bits per heavy atom. The summed E-state index contributed by atoms with van der Waals surface area (Å²) in [6, 6.07) is 5.37. The van der Waals surface area contributed by atoms with Crippen LogP contribution < -0.4 is 11.1 Å². The first-order valence-electron chi connectivity index (χ1n) is 8.57. The maximum atomic E-state index is 13.0. The molecule has 1 amide bonds. The lowest BCUT2D eigenvalue weighted by Crippen LogP contribution is -2.49. The van der Waals surface area contributed by atoms with Crippen molar-refractivity contribution in [3.63, 3.8) is 0 Å². The summed E-state index contributed by atoms with van der Waals surface area (Å²) in [6.45, 7) is 0.919. The number of ether oxygens (including phenoxy) is 1. The van der Waals surface area contributed by atoms with Gasteiger partial charge in [0, 0.05) is 32.1 Å². The number of esters is 1. The van der Waals surface area contributed by atoms with Crippen molar-refractivity contribution in [2.45, 2.75) is 36.6 Å². The van der Waals surface area contributed by atoms with E-state index in [0.29, 0.717) is 13.0 Å². The lowest BCUT2D eigenvalue weighted by Gasteiger charge is -2.34. The largest absolute Gasteiger partial charge is 0.465 e. The van der Waals surface area contributed by atoms with Gasteiger partial charge in [0.05, 0.1) is 17.6 Å². The molecule has 0 spiro atoms. The molecule has 1 saturated heterocycles. The summed E-state index contributed by atoms with van der Waals surface area (Å²) in [4.78, 5) is 23.3. The predicted molar refractivity (Wildman–Crippen MR) is 103 cm³/mol. The molecule has 2 rings (SSSR count). The molecule has 1 aromatic carbocycles. The van der Waals surface area contributed by atoms with Crippen LogP contribution in [0.1, 0.15) is 36.0 Å². The van der Waals surface area contributed by atoms with Crippen molar-refractivity contribution in [3.05, 3.63) is 29.8 Å². The van der Waals surface area contributed by atoms with Gasteiger partial charge in [-0.25, -0.2) is 13.2 Å². The Morgan fingerprint density at radius 3 is 2.52 bits per heavy atom. The summed E-state index contributed by atoms with van der Waals surface area (Å²) >= 11 is 0. The SMILES string of the molecule is COC(=O)c1ccc(S(=O)(=O)N2CCCCC2CNC(=O)CCN)cc1.Cl. The number of carbonyl (C=O) groups is 2. The first kappa shape index (κ1) is 23.4. The highest BCUT2D eigenvalue weighted by Gasteiger charge is 2.33. The van der Waals surface area contributed by atoms with Crippen molar-refractivity contribution in [1.82, 2.24) is 9.62 Å². The minimum Gasteiger partial charge on any atom is -0.465 e. The summed E-state index contributed by atoms with van der Waals surface area (Å²) in [5.41, 5.74) is 5.64. The van der Waals surface area contributed by atoms with E-state index in [2.05, 4.69) is 10.1 Å². The van der Waals surface area contributed by atoms with Crippen molar-refractivity contribution < 1.29 is 22.7 Å². The van der Waals surface area contributed by atoms with Crippen LogP contribution in [0.4, 0.5) is 0 Å². The molecule has 152 valence electrons. The maximum absolute atomic E-state index is 13.0. The van der Waals surface area contributed by atoms with Crippen LogP contribution in [0.15, 0.2) is 29.2 Å². The van der Waals surface area contributed by atoms with Crippen LogP contribution in [0.3, 0.4) is 0 Å². The molecule has 1 atom stereocenters. The van der Waals surface area contributed by atoms with Gasteiger partial charge >= 0.3 is 5.97 Å². The number of methoxy groups -OCH3 is 1. The highest BCUT2D eigenvalue weighted by molar-refractivity contribution is 7.89. The molecule has 0 bridgehead atoms. The third kappa shape index (κ3) is 5.90. The molecular formula is C17H26ClN3O5S. The highest BCUT2D eigenvalue weighted by Crippen LogP contribution is 2.25. The number of sulfonamides is 1. The lowest BCUT2D eigenvalue weighted by molar-refractivity contribution is -0.121. The van der Waals surface area contributed by atoms with E-state index < -0.39 is 16.0 Å². The standard InChI is InChI=1S/C17H25N3O5S.ClH/c1-25-17(22)13-5-7-15(8-6-13)26(23,24)20-11-3-2-4-14(20)12-19-16(21)9-10-18;/h5-8,14H,2-4,9-12,18H2,1H3,(H,19,21);1H. The minimum absolute atomic E-state index is 0. The van der Waals surface area contributed by atoms with E-state index in [1.165, 1.54) is 35.7 Å². The van der Waals surface area contributed by atoms with Crippen LogP contribution in [-0.4, -0.2) is 57.4 Å². The molecule has 1 aromatic rings. The molecular weight excluding hydrogens is 394 g/mol. The number of rotatable bonds is 7. The Balaban J connectivity index is 0.00000364. The van der Waals surface area contributed by atoms with Gasteiger partial charge in [-0.05, 0) is 37.1 Å². The molecule has 27 heavy (non-hydrogen) atoms. The Hall–Kier alpha value is -1.68. The van der Waals surface area contributed by atoms with Gasteiger partial charge in [0.15, 0.2) is 0 Å². The van der Waals surface area contributed by atoms with E-state index in [-0.39, 0.29) is 54.3 Å². The second-order valence-corrected chi connectivity index (χ2v) is 8.01. The molecule has 0 radical (unpaired) electrons. The van der Waals surface area contributed by atoms with E-state index in [1.807, 2.05) is 0 Å². The fourth-order valence-corrected chi connectivity index (χ4v) is 4.65. The number of nitrogens with one attached hydrogen (secondary N) is 1. The average molecular weight is 420 g/mol. The van der Waals surface area contributed by atoms with Gasteiger partial charge in [-0.2, -0.15) is 4.31 Å². The smallest absolute Gasteiger partial charge is 0.337 e. The number of benzene rings is 1. The molecule has 1 fully saturated rings. The van der Waals surface area contributed by atoms with Gasteiger partial charge in [-0.1, -0.05) is 6.42 Å². The molecule has 3 N–H and O–H groups in total. The van der Waals surface area contributed by atoms with Crippen LogP contribution in [-0.2, 0) is 19.6 Å². The normalized spacial score (nSPS) is 17.6. The third-order valence-electron chi connectivity index (χ3n) is 4.36. The molecule has 1 aliphatic heterocycles. The minimum atomic E-state index is -3.72. The van der Waals surface area contributed by atoms with E-state index in [4.69, 9.17) is 5.73 Å². The second-order valence-electron chi connectivity index (χ2n) is 6.12. The van der Waals surface area contributed by atoms with Gasteiger partial charge in [0.1, 0.15) is 0 Å². The average Bonchev–Trinajstić information content (AvgIpc) is 2.66. The van der Waals surface area contributed by atoms with Crippen LogP contribution in [0, 0.1) is 0 Å². The number of hydrogen-bond acceptors (Lipinski definition) is 6. The summed E-state index contributed by atoms with van der Waals surface area (Å²) < 4.78 is 32.0. The molecule has 8 nitrogen and oxygen atoms in total. The number of nitrogens with two attached hydrogens (primary N) is 1. The van der Waals surface area contributed by atoms with E-state index >= 15 is 0 Å². The molecule has 10 heteroatoms. The summed E-state index contributed by atoms with van der Waals surface area (Å²) in [7, 11) is -2.45. The Labute approximate surface area is 165 Å². The summed E-state index contributed by atoms with van der Waals surface area (Å²) in [5.74, 6) is -0.703. The van der Waals surface area contributed by atoms with Crippen molar-refractivity contribution >= 4 is 34.3 Å². The number of hydrogen-bond donors (Lipinski definition) is 2. The maximum Gasteiger partial charge on any atom is 0.337 e. The van der Waals surface area contributed by atoms with Gasteiger partial charge in [-0.15, -0.1) is 12.4 Å². The van der Waals surface area contributed by atoms with Gasteiger partial charge in [-0.3, -0.25) is 4.79 Å². The highest BCUT2D eigenvalue weighted by atomic mass is 35.5. The quantitative estimate of drug-likeness (QED) is 0.634. The topological polar surface area (TPSA) is 119 Å².